The minimum atomic E-state index is -0.673. The first-order chi connectivity index (χ1) is 11.1. The van der Waals surface area contributed by atoms with Crippen molar-refractivity contribution in [3.05, 3.63) is 0 Å². The molecule has 1 aliphatic rings. The molecule has 0 aromatic carbocycles. The van der Waals surface area contributed by atoms with Gasteiger partial charge in [0.2, 0.25) is 5.91 Å². The molecule has 24 heavy (non-hydrogen) atoms. The van der Waals surface area contributed by atoms with Crippen LogP contribution >= 0.6 is 12.6 Å². The van der Waals surface area contributed by atoms with Crippen LogP contribution < -0.4 is 10.6 Å². The van der Waals surface area contributed by atoms with Crippen LogP contribution in [0, 0.1) is 5.92 Å². The Kier molecular flexibility index (Phi) is 8.36. The molecular weight excluding hydrogens is 326 g/mol. The number of likely N-dealkylation sites (tertiary alicyclic amines) is 1. The van der Waals surface area contributed by atoms with Crippen LogP contribution in [0.4, 0.5) is 4.79 Å². The molecule has 1 saturated heterocycles. The Balaban J connectivity index is 2.41. The maximum Gasteiger partial charge on any atom is 0.407 e. The van der Waals surface area contributed by atoms with Crippen molar-refractivity contribution in [1.82, 2.24) is 15.5 Å². The molecule has 2 N–H and O–H groups in total. The first kappa shape index (κ1) is 21.1. The van der Waals surface area contributed by atoms with Gasteiger partial charge in [0.25, 0.3) is 0 Å². The molecule has 0 aromatic heterocycles. The SMILES string of the molecule is CC(C)COC(=O)N[C@H](CS)C(=O)NC1CCN(C(C)(C)C)CC1. The minimum Gasteiger partial charge on any atom is -0.449 e. The molecular formula is C17H33N3O3S. The molecule has 0 saturated carbocycles. The van der Waals surface area contributed by atoms with Crippen LogP contribution in [0.5, 0.6) is 0 Å². The Hall–Kier alpha value is -0.950. The molecule has 0 radical (unpaired) electrons. The first-order valence-corrected chi connectivity index (χ1v) is 9.36. The van der Waals surface area contributed by atoms with Gasteiger partial charge in [-0.25, -0.2) is 4.79 Å². The quantitative estimate of drug-likeness (QED) is 0.635. The highest BCUT2D eigenvalue weighted by molar-refractivity contribution is 7.80. The van der Waals surface area contributed by atoms with E-state index >= 15 is 0 Å². The molecule has 7 heteroatoms. The van der Waals surface area contributed by atoms with Gasteiger partial charge in [0.15, 0.2) is 0 Å². The number of hydrogen-bond donors (Lipinski definition) is 3. The van der Waals surface area contributed by atoms with Crippen LogP contribution in [0.3, 0.4) is 0 Å². The van der Waals surface area contributed by atoms with Gasteiger partial charge in [-0.1, -0.05) is 13.8 Å². The monoisotopic (exact) mass is 359 g/mol. The van der Waals surface area contributed by atoms with Crippen LogP contribution in [0.25, 0.3) is 0 Å². The molecule has 2 amide bonds. The van der Waals surface area contributed by atoms with Crippen molar-refractivity contribution in [2.75, 3.05) is 25.4 Å². The van der Waals surface area contributed by atoms with Crippen molar-refractivity contribution < 1.29 is 14.3 Å². The summed E-state index contributed by atoms with van der Waals surface area (Å²) < 4.78 is 5.06. The average Bonchev–Trinajstić information content (AvgIpc) is 2.50. The van der Waals surface area contributed by atoms with E-state index in [0.717, 1.165) is 25.9 Å². The lowest BCUT2D eigenvalue weighted by atomic mass is 9.98. The number of alkyl carbamates (subject to hydrolysis) is 1. The van der Waals surface area contributed by atoms with Gasteiger partial charge in [0.05, 0.1) is 6.61 Å². The van der Waals surface area contributed by atoms with Crippen molar-refractivity contribution in [2.24, 2.45) is 5.92 Å². The number of piperidine rings is 1. The van der Waals surface area contributed by atoms with Gasteiger partial charge in [0, 0.05) is 30.4 Å². The van der Waals surface area contributed by atoms with E-state index in [0.29, 0.717) is 6.61 Å². The number of nitrogens with zero attached hydrogens (tertiary/aromatic N) is 1. The Morgan fingerprint density at radius 2 is 1.83 bits per heavy atom. The molecule has 0 spiro atoms. The van der Waals surface area contributed by atoms with Gasteiger partial charge >= 0.3 is 6.09 Å². The molecule has 0 aliphatic carbocycles. The van der Waals surface area contributed by atoms with Crippen molar-refractivity contribution in [3.63, 3.8) is 0 Å². The minimum absolute atomic E-state index is 0.145. The van der Waals surface area contributed by atoms with Gasteiger partial charge in [-0.05, 0) is 39.5 Å². The number of thiol groups is 1. The first-order valence-electron chi connectivity index (χ1n) is 8.73. The highest BCUT2D eigenvalue weighted by Gasteiger charge is 2.29. The Labute approximate surface area is 151 Å². The Morgan fingerprint density at radius 1 is 1.25 bits per heavy atom. The predicted octanol–water partition coefficient (Wildman–Crippen LogP) is 2.05. The fourth-order valence-electron chi connectivity index (χ4n) is 2.62. The van der Waals surface area contributed by atoms with E-state index in [-0.39, 0.29) is 29.2 Å². The second-order valence-electron chi connectivity index (χ2n) is 7.81. The molecule has 1 heterocycles. The zero-order chi connectivity index (χ0) is 18.3. The van der Waals surface area contributed by atoms with Gasteiger partial charge in [0.1, 0.15) is 6.04 Å². The van der Waals surface area contributed by atoms with Gasteiger partial charge in [-0.3, -0.25) is 9.69 Å². The number of nitrogens with one attached hydrogen (secondary N) is 2. The zero-order valence-electron chi connectivity index (χ0n) is 15.6. The van der Waals surface area contributed by atoms with Crippen molar-refractivity contribution in [1.29, 1.82) is 0 Å². The van der Waals surface area contributed by atoms with Gasteiger partial charge in [-0.2, -0.15) is 12.6 Å². The van der Waals surface area contributed by atoms with E-state index in [4.69, 9.17) is 4.74 Å². The highest BCUT2D eigenvalue weighted by Crippen LogP contribution is 2.20. The van der Waals surface area contributed by atoms with E-state index in [2.05, 4.69) is 48.9 Å². The van der Waals surface area contributed by atoms with Crippen LogP contribution in [0.15, 0.2) is 0 Å². The fraction of sp³-hybridized carbons (Fsp3) is 0.882. The van der Waals surface area contributed by atoms with E-state index in [1.165, 1.54) is 0 Å². The number of rotatable bonds is 6. The van der Waals surface area contributed by atoms with E-state index < -0.39 is 12.1 Å². The summed E-state index contributed by atoms with van der Waals surface area (Å²) >= 11 is 4.17. The summed E-state index contributed by atoms with van der Waals surface area (Å²) in [7, 11) is 0. The smallest absolute Gasteiger partial charge is 0.407 e. The molecule has 1 rings (SSSR count). The highest BCUT2D eigenvalue weighted by atomic mass is 32.1. The Bertz CT molecular complexity index is 416. The number of ether oxygens (including phenoxy) is 1. The summed E-state index contributed by atoms with van der Waals surface area (Å²) in [5.41, 5.74) is 0.157. The number of carbonyl (C=O) groups excluding carboxylic acids is 2. The molecule has 1 atom stereocenters. The lowest BCUT2D eigenvalue weighted by Gasteiger charge is -2.41. The van der Waals surface area contributed by atoms with E-state index in [1.54, 1.807) is 0 Å². The fourth-order valence-corrected chi connectivity index (χ4v) is 2.87. The Morgan fingerprint density at radius 3 is 2.29 bits per heavy atom. The maximum absolute atomic E-state index is 12.4. The maximum atomic E-state index is 12.4. The molecule has 6 nitrogen and oxygen atoms in total. The third kappa shape index (κ3) is 7.30. The summed E-state index contributed by atoms with van der Waals surface area (Å²) in [4.78, 5) is 26.5. The van der Waals surface area contributed by atoms with E-state index in [1.807, 2.05) is 13.8 Å². The molecule has 0 unspecified atom stereocenters. The lowest BCUT2D eigenvalue weighted by molar-refractivity contribution is -0.123. The molecule has 140 valence electrons. The molecule has 1 aliphatic heterocycles. The molecule has 0 bridgehead atoms. The molecule has 1 fully saturated rings. The van der Waals surface area contributed by atoms with Gasteiger partial charge in [-0.15, -0.1) is 0 Å². The zero-order valence-corrected chi connectivity index (χ0v) is 16.5. The summed E-state index contributed by atoms with van der Waals surface area (Å²) in [5, 5.41) is 5.61. The second kappa shape index (κ2) is 9.51. The third-order valence-electron chi connectivity index (χ3n) is 4.13. The third-order valence-corrected chi connectivity index (χ3v) is 4.49. The summed E-state index contributed by atoms with van der Waals surface area (Å²) in [5.74, 6) is 0.302. The van der Waals surface area contributed by atoms with Crippen LogP contribution in [0.1, 0.15) is 47.5 Å². The topological polar surface area (TPSA) is 70.7 Å². The number of carbonyl (C=O) groups is 2. The van der Waals surface area contributed by atoms with Gasteiger partial charge < -0.3 is 15.4 Å². The summed E-state index contributed by atoms with van der Waals surface area (Å²) in [6, 6.07) is -0.527. The summed E-state index contributed by atoms with van der Waals surface area (Å²) in [6.07, 6.45) is 1.26. The van der Waals surface area contributed by atoms with Crippen LogP contribution in [-0.4, -0.2) is 60.0 Å². The van der Waals surface area contributed by atoms with Crippen molar-refractivity contribution in [3.8, 4) is 0 Å². The largest absolute Gasteiger partial charge is 0.449 e. The molecule has 0 aromatic rings. The van der Waals surface area contributed by atoms with Crippen LogP contribution in [-0.2, 0) is 9.53 Å². The lowest BCUT2D eigenvalue weighted by Crippen LogP contribution is -2.55. The normalized spacial score (nSPS) is 18.3. The van der Waals surface area contributed by atoms with Crippen molar-refractivity contribution in [2.45, 2.75) is 65.1 Å². The predicted molar refractivity (Wildman–Crippen MR) is 99.5 cm³/mol. The standard InChI is InChI=1S/C17H33N3O3S/c1-12(2)10-23-16(22)19-14(11-24)15(21)18-13-6-8-20(9-7-13)17(3,4)5/h12-14,24H,6-11H2,1-5H3,(H,18,21)(H,19,22)/t14-/m1/s1. The second-order valence-corrected chi connectivity index (χ2v) is 8.18. The van der Waals surface area contributed by atoms with Crippen LogP contribution in [0.2, 0.25) is 0 Å². The average molecular weight is 360 g/mol. The number of hydrogen-bond acceptors (Lipinski definition) is 5. The summed E-state index contributed by atoms with van der Waals surface area (Å²) in [6.45, 7) is 12.8. The van der Waals surface area contributed by atoms with Crippen molar-refractivity contribution >= 4 is 24.6 Å². The van der Waals surface area contributed by atoms with E-state index in [9.17, 15) is 9.59 Å². The number of amides is 2.